The van der Waals surface area contributed by atoms with E-state index in [1.807, 2.05) is 19.1 Å². The molecule has 3 heterocycles. The number of aromatic amines is 1. The third-order valence-electron chi connectivity index (χ3n) is 3.81. The monoisotopic (exact) mass is 380 g/mol. The van der Waals surface area contributed by atoms with Gasteiger partial charge in [0.15, 0.2) is 11.6 Å². The number of H-pyrrole nitrogens is 1. The van der Waals surface area contributed by atoms with Gasteiger partial charge in [0.05, 0.1) is 4.88 Å². The molecule has 10 heteroatoms. The van der Waals surface area contributed by atoms with Gasteiger partial charge in [-0.05, 0) is 31.9 Å². The number of aryl methyl sites for hydroxylation is 1. The van der Waals surface area contributed by atoms with Gasteiger partial charge in [0.2, 0.25) is 10.0 Å². The molecule has 3 aromatic rings. The highest BCUT2D eigenvalue weighted by Gasteiger charge is 2.25. The molecule has 1 fully saturated rings. The van der Waals surface area contributed by atoms with Crippen LogP contribution >= 0.6 is 11.3 Å². The minimum atomic E-state index is -3.73. The number of nitrogens with zero attached hydrogens (tertiary/aromatic N) is 3. The van der Waals surface area contributed by atoms with Crippen molar-refractivity contribution in [1.82, 2.24) is 20.2 Å². The third kappa shape index (κ3) is 3.55. The molecule has 4 rings (SSSR count). The molecule has 134 valence electrons. The van der Waals surface area contributed by atoms with Crippen LogP contribution in [0.4, 0.5) is 11.6 Å². The predicted octanol–water partition coefficient (Wildman–Crippen LogP) is 3.00. The summed E-state index contributed by atoms with van der Waals surface area (Å²) in [4.78, 5) is 9.48. The molecule has 3 aromatic heterocycles. The van der Waals surface area contributed by atoms with Gasteiger partial charge in [0, 0.05) is 32.3 Å². The van der Waals surface area contributed by atoms with E-state index in [0.717, 1.165) is 22.7 Å². The highest BCUT2D eigenvalue weighted by atomic mass is 32.2. The van der Waals surface area contributed by atoms with E-state index in [-0.39, 0.29) is 7.06 Å². The van der Waals surface area contributed by atoms with Crippen LogP contribution in [0.5, 0.6) is 0 Å². The minimum Gasteiger partial charge on any atom is -0.323 e. The normalized spacial score (nSPS) is 14.6. The summed E-state index contributed by atoms with van der Waals surface area (Å²) in [5.74, 6) is 2.33. The van der Waals surface area contributed by atoms with Gasteiger partial charge in [0.1, 0.15) is 10.0 Å². The number of aromatic nitrogens is 4. The zero-order valence-corrected chi connectivity index (χ0v) is 15.0. The van der Waals surface area contributed by atoms with Gasteiger partial charge >= 0.3 is 0 Å². The minimum absolute atomic E-state index is 0. The molecular weight excluding hydrogens is 360 g/mol. The van der Waals surface area contributed by atoms with Crippen LogP contribution in [-0.2, 0) is 10.0 Å². The molecule has 1 aliphatic rings. The molecule has 0 unspecified atom stereocenters. The Hall–Kier alpha value is -2.30. The Bertz CT molecular complexity index is 1050. The zero-order chi connectivity index (χ0) is 17.6. The predicted molar refractivity (Wildman–Crippen MR) is 99.5 cm³/mol. The van der Waals surface area contributed by atoms with Gasteiger partial charge in [-0.25, -0.2) is 23.5 Å². The van der Waals surface area contributed by atoms with Gasteiger partial charge in [0.25, 0.3) is 0 Å². The number of primary sulfonamides is 1. The van der Waals surface area contributed by atoms with Gasteiger partial charge in [-0.2, -0.15) is 5.10 Å². The topological polar surface area (TPSA) is 127 Å². The van der Waals surface area contributed by atoms with Gasteiger partial charge in [-0.15, -0.1) is 11.3 Å². The molecule has 0 spiro atoms. The van der Waals surface area contributed by atoms with Crippen molar-refractivity contribution >= 4 is 33.0 Å². The number of nitrogens with two attached hydrogens (primary N) is 1. The fraction of sp³-hybridized carbons (Fsp3) is 0.267. The molecular formula is C15H20N6O2S2. The molecule has 4 N–H and O–H groups in total. The lowest BCUT2D eigenvalue weighted by Gasteiger charge is -2.05. The summed E-state index contributed by atoms with van der Waals surface area (Å²) in [5, 5.41) is 15.6. The lowest BCUT2D eigenvalue weighted by Crippen LogP contribution is -2.09. The van der Waals surface area contributed by atoms with Crippen molar-refractivity contribution in [3.8, 4) is 10.7 Å². The lowest BCUT2D eigenvalue weighted by molar-refractivity contribution is 0.600. The zero-order valence-electron chi connectivity index (χ0n) is 13.4. The summed E-state index contributed by atoms with van der Waals surface area (Å²) in [7, 11) is -3.73. The van der Waals surface area contributed by atoms with Crippen molar-refractivity contribution in [2.24, 2.45) is 5.14 Å². The van der Waals surface area contributed by atoms with Crippen LogP contribution < -0.4 is 10.5 Å². The van der Waals surface area contributed by atoms with E-state index in [1.165, 1.54) is 18.9 Å². The maximum absolute atomic E-state index is 11.4. The molecule has 0 bridgehead atoms. The Morgan fingerprint density at radius 3 is 2.76 bits per heavy atom. The van der Waals surface area contributed by atoms with Crippen molar-refractivity contribution in [3.05, 3.63) is 35.7 Å². The maximum Gasteiger partial charge on any atom is 0.247 e. The first kappa shape index (κ1) is 16.2. The van der Waals surface area contributed by atoms with Crippen LogP contribution in [0.3, 0.4) is 0 Å². The van der Waals surface area contributed by atoms with Crippen molar-refractivity contribution in [2.45, 2.75) is 29.9 Å². The van der Waals surface area contributed by atoms with Crippen molar-refractivity contribution in [2.75, 3.05) is 5.32 Å². The van der Waals surface area contributed by atoms with Gasteiger partial charge in [-0.3, -0.25) is 5.10 Å². The SMILES string of the molecule is Cc1cc(Nc2cc(C3CC3)[nH]n2)nc(-c2ccc(S(N)(=O)=O)s2)n1.[HH].[HH]. The van der Waals surface area contributed by atoms with Crippen molar-refractivity contribution in [1.29, 1.82) is 0 Å². The molecule has 1 saturated carbocycles. The summed E-state index contributed by atoms with van der Waals surface area (Å²) in [5.41, 5.74) is 1.89. The summed E-state index contributed by atoms with van der Waals surface area (Å²) in [6, 6.07) is 6.91. The Balaban J connectivity index is 0.00000131. The third-order valence-corrected chi connectivity index (χ3v) is 6.33. The first-order valence-electron chi connectivity index (χ1n) is 7.69. The molecule has 0 radical (unpaired) electrons. The number of anilines is 2. The first-order valence-corrected chi connectivity index (χ1v) is 10.1. The molecule has 1 aliphatic carbocycles. The molecule has 0 amide bonds. The number of rotatable bonds is 5. The van der Waals surface area contributed by atoms with Gasteiger partial charge < -0.3 is 5.32 Å². The Morgan fingerprint density at radius 2 is 2.08 bits per heavy atom. The summed E-state index contributed by atoms with van der Waals surface area (Å²) >= 11 is 1.05. The van der Waals surface area contributed by atoms with Crippen molar-refractivity contribution in [3.63, 3.8) is 0 Å². The van der Waals surface area contributed by atoms with Gasteiger partial charge in [-0.1, -0.05) is 0 Å². The van der Waals surface area contributed by atoms with E-state index in [9.17, 15) is 8.42 Å². The summed E-state index contributed by atoms with van der Waals surface area (Å²) in [6.07, 6.45) is 2.40. The van der Waals surface area contributed by atoms with Crippen LogP contribution in [0.15, 0.2) is 28.5 Å². The van der Waals surface area contributed by atoms with E-state index < -0.39 is 10.0 Å². The molecule has 8 nitrogen and oxygen atoms in total. The van der Waals surface area contributed by atoms with Crippen LogP contribution in [-0.4, -0.2) is 28.6 Å². The second kappa shape index (κ2) is 5.90. The molecule has 0 saturated heterocycles. The van der Waals surface area contributed by atoms with E-state index in [1.54, 1.807) is 6.07 Å². The molecule has 0 atom stereocenters. The fourth-order valence-electron chi connectivity index (χ4n) is 2.47. The smallest absolute Gasteiger partial charge is 0.247 e. The van der Waals surface area contributed by atoms with Crippen molar-refractivity contribution < 1.29 is 11.3 Å². The second-order valence-electron chi connectivity index (χ2n) is 5.99. The number of thiophene rings is 1. The number of hydrogen-bond donors (Lipinski definition) is 3. The Labute approximate surface area is 151 Å². The number of hydrogen-bond acceptors (Lipinski definition) is 7. The first-order chi connectivity index (χ1) is 11.9. The van der Waals surface area contributed by atoms with E-state index >= 15 is 0 Å². The lowest BCUT2D eigenvalue weighted by atomic mass is 10.3. The largest absolute Gasteiger partial charge is 0.323 e. The van der Waals surface area contributed by atoms with Crippen LogP contribution in [0.25, 0.3) is 10.7 Å². The average Bonchev–Trinajstić information content (AvgIpc) is 3.07. The highest BCUT2D eigenvalue weighted by Crippen LogP contribution is 2.39. The van der Waals surface area contributed by atoms with Crippen LogP contribution in [0, 0.1) is 6.92 Å². The van der Waals surface area contributed by atoms with Crippen LogP contribution in [0.2, 0.25) is 0 Å². The summed E-state index contributed by atoms with van der Waals surface area (Å²) in [6.45, 7) is 1.85. The standard InChI is InChI=1S/C15H16N6O2S2.2H2/c1-8-6-12(18-13-7-10(20-21-13)9-2-3-9)19-15(17-8)11-4-5-14(24-11)25(16,22)23;;/h4-7,9H,2-3H2,1H3,(H2,16,22,23)(H2,17,18,19,20,21);2*1H. The Morgan fingerprint density at radius 1 is 1.28 bits per heavy atom. The fourth-order valence-corrected chi connectivity index (χ4v) is 4.13. The molecule has 25 heavy (non-hydrogen) atoms. The number of sulfonamides is 1. The maximum atomic E-state index is 11.4. The van der Waals surface area contributed by atoms with E-state index in [4.69, 9.17) is 5.14 Å². The average molecular weight is 380 g/mol. The molecule has 0 aliphatic heterocycles. The van der Waals surface area contributed by atoms with Crippen LogP contribution in [0.1, 0.15) is 33.0 Å². The summed E-state index contributed by atoms with van der Waals surface area (Å²) < 4.78 is 23.0. The molecule has 0 aromatic carbocycles. The Kier molecular flexibility index (Phi) is 3.82. The van der Waals surface area contributed by atoms with E-state index in [0.29, 0.717) is 28.3 Å². The highest BCUT2D eigenvalue weighted by molar-refractivity contribution is 7.91. The second-order valence-corrected chi connectivity index (χ2v) is 8.86. The van der Waals surface area contributed by atoms with E-state index in [2.05, 4.69) is 25.5 Å². The number of nitrogens with one attached hydrogen (secondary N) is 2. The quantitative estimate of drug-likeness (QED) is 0.624.